The highest BCUT2D eigenvalue weighted by molar-refractivity contribution is 6.00. The van der Waals surface area contributed by atoms with Crippen LogP contribution in [0, 0.1) is 41.4 Å². The van der Waals surface area contributed by atoms with Gasteiger partial charge in [-0.25, -0.2) is 0 Å². The molecule has 5 N–H and O–H groups in total. The highest BCUT2D eigenvalue weighted by Crippen LogP contribution is 2.26. The van der Waals surface area contributed by atoms with Crippen molar-refractivity contribution in [2.75, 3.05) is 48.8 Å². The fourth-order valence-electron chi connectivity index (χ4n) is 11.2. The molecule has 0 saturated carbocycles. The minimum absolute atomic E-state index is 0.0173. The molecule has 87 heavy (non-hydrogen) atoms. The smallest absolute Gasteiger partial charge is 0.246 e. The SMILES string of the molecule is C/C=C/C[C@@H](C)[C@@H](O)[C@H]1C(=O)N[C@@H](CC)C(=O)N(C)[C@H](C)C(=O)N(CC)[C@@H](CC(C)C)C(=O)N[C@@H](C(C)C)C(=O)N(C)[C@@H](CC(C)C)C(=O)N[C@@H](C)C(=O)N[C@H](C)C(=O)N(C)[C@@H](CC(C)C)C(=O)N(C)[C@@H](CC(C)C)C(=O)N(C)[C@@H](C(C)C)C(=O)N1C. The molecule has 1 rings (SSSR count). The molecule has 0 aliphatic carbocycles. The third-order valence-corrected chi connectivity index (χ3v) is 16.8. The van der Waals surface area contributed by atoms with Crippen LogP contribution in [0.5, 0.6) is 0 Å². The van der Waals surface area contributed by atoms with Gasteiger partial charge in [0.15, 0.2) is 0 Å². The molecule has 1 aliphatic heterocycles. The van der Waals surface area contributed by atoms with Gasteiger partial charge in [-0.05, 0) is 115 Å². The van der Waals surface area contributed by atoms with Crippen molar-refractivity contribution >= 4 is 65.0 Å². The van der Waals surface area contributed by atoms with Gasteiger partial charge in [0.25, 0.3) is 0 Å². The lowest BCUT2D eigenvalue weighted by Gasteiger charge is -2.41. The average Bonchev–Trinajstić information content (AvgIpc) is 1.29. The molecule has 0 aromatic heterocycles. The van der Waals surface area contributed by atoms with Crippen LogP contribution in [0.4, 0.5) is 0 Å². The van der Waals surface area contributed by atoms with E-state index in [-0.39, 0.29) is 62.3 Å². The summed E-state index contributed by atoms with van der Waals surface area (Å²) < 4.78 is 0. The summed E-state index contributed by atoms with van der Waals surface area (Å²) in [7, 11) is 8.55. The lowest BCUT2D eigenvalue weighted by Crippen LogP contribution is -2.64. The molecular weight excluding hydrogens is 1110 g/mol. The van der Waals surface area contributed by atoms with Crippen molar-refractivity contribution < 1.29 is 57.8 Å². The highest BCUT2D eigenvalue weighted by atomic mass is 16.3. The van der Waals surface area contributed by atoms with Crippen LogP contribution in [-0.2, 0) is 52.7 Å². The number of allylic oxidation sites excluding steroid dienone is 2. The van der Waals surface area contributed by atoms with Crippen molar-refractivity contribution in [1.82, 2.24) is 55.6 Å². The largest absolute Gasteiger partial charge is 0.390 e. The van der Waals surface area contributed by atoms with Crippen LogP contribution in [0.25, 0.3) is 0 Å². The molecule has 13 atom stereocenters. The molecule has 0 radical (unpaired) electrons. The summed E-state index contributed by atoms with van der Waals surface area (Å²) in [5, 5.41) is 23.2. The number of carbonyl (C=O) groups excluding carboxylic acids is 11. The Morgan fingerprint density at radius 1 is 0.437 bits per heavy atom. The van der Waals surface area contributed by atoms with Gasteiger partial charge < -0.3 is 60.7 Å². The van der Waals surface area contributed by atoms with Gasteiger partial charge in [0.1, 0.15) is 66.5 Å². The lowest BCUT2D eigenvalue weighted by atomic mass is 9.91. The molecule has 23 nitrogen and oxygen atoms in total. The molecule has 11 amide bonds. The van der Waals surface area contributed by atoms with E-state index < -0.39 is 155 Å². The molecule has 1 saturated heterocycles. The number of aliphatic hydroxyl groups excluding tert-OH is 1. The maximum atomic E-state index is 15.2. The van der Waals surface area contributed by atoms with E-state index in [9.17, 15) is 48.3 Å². The van der Waals surface area contributed by atoms with Crippen LogP contribution in [-0.4, -0.2) is 226 Å². The number of carbonyl (C=O) groups is 11. The minimum Gasteiger partial charge on any atom is -0.390 e. The summed E-state index contributed by atoms with van der Waals surface area (Å²) in [5.74, 6) is -9.67. The zero-order valence-corrected chi connectivity index (χ0v) is 57.6. The predicted molar refractivity (Wildman–Crippen MR) is 338 cm³/mol. The van der Waals surface area contributed by atoms with Gasteiger partial charge in [-0.15, -0.1) is 0 Å². The highest BCUT2D eigenvalue weighted by Gasteiger charge is 2.46. The quantitative estimate of drug-likeness (QED) is 0.137. The van der Waals surface area contributed by atoms with Gasteiger partial charge in [0, 0.05) is 48.8 Å². The maximum Gasteiger partial charge on any atom is 0.246 e. The second kappa shape index (κ2) is 35.8. The molecule has 0 bridgehead atoms. The van der Waals surface area contributed by atoms with Crippen molar-refractivity contribution in [1.29, 1.82) is 0 Å². The maximum absolute atomic E-state index is 15.2. The lowest BCUT2D eigenvalue weighted by molar-refractivity contribution is -0.157. The van der Waals surface area contributed by atoms with Crippen LogP contribution >= 0.6 is 0 Å². The summed E-state index contributed by atoms with van der Waals surface area (Å²) in [6, 6.07) is -13.6. The van der Waals surface area contributed by atoms with Crippen LogP contribution in [0.2, 0.25) is 0 Å². The fraction of sp³-hybridized carbons (Fsp3) is 0.797. The molecule has 498 valence electrons. The summed E-state index contributed by atoms with van der Waals surface area (Å²) in [6.45, 7) is 33.2. The number of hydrogen-bond acceptors (Lipinski definition) is 12. The van der Waals surface area contributed by atoms with Gasteiger partial charge in [-0.2, -0.15) is 0 Å². The Kier molecular flexibility index (Phi) is 32.4. The van der Waals surface area contributed by atoms with Crippen molar-refractivity contribution in [3.8, 4) is 0 Å². The van der Waals surface area contributed by atoms with Crippen LogP contribution < -0.4 is 21.3 Å². The summed E-state index contributed by atoms with van der Waals surface area (Å²) >= 11 is 0. The van der Waals surface area contributed by atoms with E-state index in [2.05, 4.69) is 21.3 Å². The summed E-state index contributed by atoms with van der Waals surface area (Å²) in [6.07, 6.45) is 3.04. The van der Waals surface area contributed by atoms with Crippen molar-refractivity contribution in [3.05, 3.63) is 12.2 Å². The first-order chi connectivity index (χ1) is 40.2. The zero-order chi connectivity index (χ0) is 67.6. The first-order valence-electron chi connectivity index (χ1n) is 31.6. The topological polar surface area (TPSA) is 279 Å². The Balaban J connectivity index is 4.41. The van der Waals surface area contributed by atoms with Gasteiger partial charge in [-0.1, -0.05) is 109 Å². The van der Waals surface area contributed by atoms with Gasteiger partial charge in [-0.3, -0.25) is 52.7 Å². The Labute approximate surface area is 521 Å². The minimum atomic E-state index is -1.62. The third kappa shape index (κ3) is 21.6. The van der Waals surface area contributed by atoms with E-state index in [0.717, 1.165) is 4.90 Å². The van der Waals surface area contributed by atoms with Gasteiger partial charge in [0.05, 0.1) is 6.10 Å². The number of nitrogens with one attached hydrogen (secondary N) is 4. The van der Waals surface area contributed by atoms with Gasteiger partial charge in [0.2, 0.25) is 65.0 Å². The van der Waals surface area contributed by atoms with Gasteiger partial charge >= 0.3 is 0 Å². The molecule has 1 fully saturated rings. The number of aliphatic hydroxyl groups is 1. The van der Waals surface area contributed by atoms with Crippen LogP contribution in [0.1, 0.15) is 170 Å². The Hall–Kier alpha value is -6.13. The first kappa shape index (κ1) is 78.9. The first-order valence-corrected chi connectivity index (χ1v) is 31.6. The monoisotopic (exact) mass is 1230 g/mol. The Morgan fingerprint density at radius 3 is 1.31 bits per heavy atom. The summed E-state index contributed by atoms with van der Waals surface area (Å²) in [5.41, 5.74) is 0. The molecule has 23 heteroatoms. The second-order valence-electron chi connectivity index (χ2n) is 26.6. The van der Waals surface area contributed by atoms with E-state index in [1.54, 1.807) is 61.5 Å². The number of amides is 11. The van der Waals surface area contributed by atoms with E-state index in [1.165, 1.54) is 92.5 Å². The average molecular weight is 1230 g/mol. The number of likely N-dealkylation sites (N-methyl/N-ethyl adjacent to an activating group) is 7. The number of rotatable bonds is 16. The van der Waals surface area contributed by atoms with E-state index >= 15 is 9.59 Å². The van der Waals surface area contributed by atoms with E-state index in [1.807, 2.05) is 61.5 Å². The molecular formula is C64H115N11O12. The fourth-order valence-corrected chi connectivity index (χ4v) is 11.2. The molecule has 1 aliphatic rings. The number of hydrogen-bond donors (Lipinski definition) is 5. The Morgan fingerprint density at radius 2 is 0.862 bits per heavy atom. The molecule has 0 aromatic rings. The molecule has 1 heterocycles. The normalized spacial score (nSPS) is 27.4. The standard InChI is InChI=1S/C64H115N11O12/c1-26-29-30-41(16)53(76)52-57(80)67-45(27-2)60(83)69(20)44(19)59(82)75(28-3)47(32-36(6)7)56(79)68-50(39(12)13)63(86)70(21)46(31-35(4)5)55(78)65-42(17)54(77)66-43(18)58(81)71(22)48(33-37(8)9)61(84)72(23)49(34-38(10)11)62(85)73(24)51(40(14)15)64(87)74(52)25/h26,29,35-53,76H,27-28,30-34H2,1-25H3,(H,65,78)(H,66,77)(H,67,80)(H,68,79)/b29-26+/t41-,42+,43-,44-,45+,46+,47+,48+,49+,50+,51+,52+,53-/m1/s1. The van der Waals surface area contributed by atoms with Crippen molar-refractivity contribution in [3.63, 3.8) is 0 Å². The second-order valence-corrected chi connectivity index (χ2v) is 26.6. The summed E-state index contributed by atoms with van der Waals surface area (Å²) in [4.78, 5) is 170. The molecule has 0 unspecified atom stereocenters. The number of nitrogens with zero attached hydrogens (tertiary/aromatic N) is 7. The molecule has 0 aromatic carbocycles. The van der Waals surface area contributed by atoms with E-state index in [4.69, 9.17) is 0 Å². The van der Waals surface area contributed by atoms with Crippen LogP contribution in [0.15, 0.2) is 12.2 Å². The Bertz CT molecular complexity index is 2380. The predicted octanol–water partition coefficient (Wildman–Crippen LogP) is 4.05. The van der Waals surface area contributed by atoms with Crippen molar-refractivity contribution in [2.45, 2.75) is 243 Å². The van der Waals surface area contributed by atoms with E-state index in [0.29, 0.717) is 6.42 Å². The zero-order valence-electron chi connectivity index (χ0n) is 57.6. The van der Waals surface area contributed by atoms with Crippen molar-refractivity contribution in [2.24, 2.45) is 41.4 Å². The third-order valence-electron chi connectivity index (χ3n) is 16.8. The molecule has 0 spiro atoms. The van der Waals surface area contributed by atoms with Crippen LogP contribution in [0.3, 0.4) is 0 Å².